The smallest absolute Gasteiger partial charge is 0.151 e. The van der Waals surface area contributed by atoms with Gasteiger partial charge in [-0.05, 0) is 18.2 Å². The number of benzene rings is 1. The minimum atomic E-state index is -0.344. The van der Waals surface area contributed by atoms with Crippen LogP contribution in [-0.2, 0) is 0 Å². The van der Waals surface area contributed by atoms with Crippen molar-refractivity contribution in [1.82, 2.24) is 0 Å². The minimum Gasteiger partial charge on any atom is -0.298 e. The molecular weight excluding hydrogens is 211 g/mol. The van der Waals surface area contributed by atoms with Gasteiger partial charge >= 0.3 is 0 Å². The zero-order valence-electron chi connectivity index (χ0n) is 6.38. The first kappa shape index (κ1) is 8.66. The topological polar surface area (TPSA) is 17.1 Å². The summed E-state index contributed by atoms with van der Waals surface area (Å²) in [5.41, 5.74) is 0.480. The Hall–Kier alpha value is -0.930. The van der Waals surface area contributed by atoms with Gasteiger partial charge in [0, 0.05) is 15.6 Å². The van der Waals surface area contributed by atoms with Gasteiger partial charge in [-0.15, -0.1) is 11.3 Å². The zero-order chi connectivity index (χ0) is 9.42. The normalized spacial score (nSPS) is 10.6. The number of carbonyl (C=O) groups excluding carboxylic acids is 1. The maximum Gasteiger partial charge on any atom is 0.151 e. The summed E-state index contributed by atoms with van der Waals surface area (Å²) in [5.74, 6) is -0.344. The second-order valence-corrected chi connectivity index (χ2v) is 4.23. The quantitative estimate of drug-likeness (QED) is 0.664. The summed E-state index contributed by atoms with van der Waals surface area (Å²) in [4.78, 5) is 10.6. The van der Waals surface area contributed by atoms with E-state index < -0.39 is 0 Å². The van der Waals surface area contributed by atoms with Crippen molar-refractivity contribution < 1.29 is 9.18 Å². The van der Waals surface area contributed by atoms with Crippen LogP contribution >= 0.6 is 22.9 Å². The fourth-order valence-electron chi connectivity index (χ4n) is 1.17. The molecule has 1 heterocycles. The number of thiophene rings is 1. The molecule has 1 aromatic carbocycles. The van der Waals surface area contributed by atoms with E-state index in [2.05, 4.69) is 0 Å². The average molecular weight is 215 g/mol. The van der Waals surface area contributed by atoms with Crippen molar-refractivity contribution in [3.8, 4) is 0 Å². The first-order chi connectivity index (χ1) is 6.22. The highest BCUT2D eigenvalue weighted by Gasteiger charge is 2.08. The number of halogens is 2. The molecule has 0 aliphatic carbocycles. The van der Waals surface area contributed by atoms with Crippen LogP contribution < -0.4 is 0 Å². The number of aldehydes is 1. The molecule has 0 aliphatic heterocycles. The first-order valence-electron chi connectivity index (χ1n) is 3.55. The van der Waals surface area contributed by atoms with Gasteiger partial charge in [0.1, 0.15) is 5.82 Å². The molecule has 2 aromatic rings. The lowest BCUT2D eigenvalue weighted by Gasteiger charge is -1.94. The van der Waals surface area contributed by atoms with E-state index in [1.165, 1.54) is 29.5 Å². The van der Waals surface area contributed by atoms with Gasteiger partial charge in [-0.25, -0.2) is 4.39 Å². The number of carbonyl (C=O) groups is 1. The molecule has 13 heavy (non-hydrogen) atoms. The van der Waals surface area contributed by atoms with Crippen LogP contribution in [0.25, 0.3) is 10.1 Å². The van der Waals surface area contributed by atoms with Gasteiger partial charge in [-0.1, -0.05) is 11.6 Å². The highest BCUT2D eigenvalue weighted by atomic mass is 35.5. The molecule has 0 radical (unpaired) electrons. The Bertz CT molecular complexity index is 478. The molecule has 2 rings (SSSR count). The lowest BCUT2D eigenvalue weighted by atomic mass is 10.2. The van der Waals surface area contributed by atoms with E-state index in [4.69, 9.17) is 11.6 Å². The fraction of sp³-hybridized carbons (Fsp3) is 0. The Kier molecular flexibility index (Phi) is 2.06. The third-order valence-corrected chi connectivity index (χ3v) is 3.07. The molecule has 4 heteroatoms. The van der Waals surface area contributed by atoms with Crippen LogP contribution in [0.2, 0.25) is 4.34 Å². The molecule has 66 valence electrons. The van der Waals surface area contributed by atoms with Gasteiger partial charge in [0.25, 0.3) is 0 Å². The molecule has 0 fully saturated rings. The summed E-state index contributed by atoms with van der Waals surface area (Å²) in [6.45, 7) is 0. The molecule has 0 spiro atoms. The van der Waals surface area contributed by atoms with Crippen LogP contribution in [0.4, 0.5) is 4.39 Å². The predicted molar refractivity (Wildman–Crippen MR) is 52.2 cm³/mol. The maximum atomic E-state index is 13.1. The number of hydrogen-bond donors (Lipinski definition) is 0. The van der Waals surface area contributed by atoms with Gasteiger partial charge in [0.2, 0.25) is 0 Å². The van der Waals surface area contributed by atoms with Crippen LogP contribution in [-0.4, -0.2) is 6.29 Å². The van der Waals surface area contributed by atoms with Gasteiger partial charge in [0.15, 0.2) is 6.29 Å². The largest absolute Gasteiger partial charge is 0.298 e. The molecule has 0 aliphatic rings. The highest BCUT2D eigenvalue weighted by Crippen LogP contribution is 2.32. The third-order valence-electron chi connectivity index (χ3n) is 1.76. The average Bonchev–Trinajstić information content (AvgIpc) is 2.48. The Morgan fingerprint density at radius 3 is 2.92 bits per heavy atom. The van der Waals surface area contributed by atoms with E-state index in [9.17, 15) is 9.18 Å². The van der Waals surface area contributed by atoms with Gasteiger partial charge < -0.3 is 0 Å². The first-order valence-corrected chi connectivity index (χ1v) is 4.74. The third kappa shape index (κ3) is 1.34. The van der Waals surface area contributed by atoms with Gasteiger partial charge in [-0.3, -0.25) is 4.79 Å². The second-order valence-electron chi connectivity index (χ2n) is 2.55. The number of rotatable bonds is 1. The van der Waals surface area contributed by atoms with E-state index in [0.29, 0.717) is 26.3 Å². The van der Waals surface area contributed by atoms with E-state index in [1.54, 1.807) is 0 Å². The molecular formula is C9H4ClFOS. The maximum absolute atomic E-state index is 13.1. The van der Waals surface area contributed by atoms with Crippen molar-refractivity contribution in [2.75, 3.05) is 0 Å². The molecule has 0 unspecified atom stereocenters. The Balaban J connectivity index is 2.91. The van der Waals surface area contributed by atoms with Crippen molar-refractivity contribution in [2.24, 2.45) is 0 Å². The van der Waals surface area contributed by atoms with Crippen LogP contribution in [0.1, 0.15) is 10.4 Å². The standard InChI is InChI=1S/C9H4ClFOS/c10-8-3-6-7(11)2-1-5(4-12)9(6)13-8/h1-4H. The summed E-state index contributed by atoms with van der Waals surface area (Å²) in [6, 6.07) is 4.26. The van der Waals surface area contributed by atoms with Crippen molar-refractivity contribution in [2.45, 2.75) is 0 Å². The van der Waals surface area contributed by atoms with Crippen molar-refractivity contribution in [3.63, 3.8) is 0 Å². The lowest BCUT2D eigenvalue weighted by molar-refractivity contribution is 0.112. The zero-order valence-corrected chi connectivity index (χ0v) is 7.95. The van der Waals surface area contributed by atoms with Crippen LogP contribution in [0.15, 0.2) is 18.2 Å². The summed E-state index contributed by atoms with van der Waals surface area (Å²) in [5, 5.41) is 0.416. The Labute approximate surface area is 82.7 Å². The van der Waals surface area contributed by atoms with Crippen molar-refractivity contribution in [3.05, 3.63) is 33.9 Å². The Morgan fingerprint density at radius 1 is 1.46 bits per heavy atom. The van der Waals surface area contributed by atoms with Gasteiger partial charge in [-0.2, -0.15) is 0 Å². The molecule has 1 nitrogen and oxygen atoms in total. The molecule has 0 saturated heterocycles. The number of fused-ring (bicyclic) bond motifs is 1. The molecule has 0 amide bonds. The molecule has 0 N–H and O–H groups in total. The predicted octanol–water partition coefficient (Wildman–Crippen LogP) is 3.51. The number of hydrogen-bond acceptors (Lipinski definition) is 2. The van der Waals surface area contributed by atoms with E-state index in [1.807, 2.05) is 0 Å². The molecule has 1 aromatic heterocycles. The molecule has 0 atom stereocenters. The van der Waals surface area contributed by atoms with Crippen LogP contribution in [0.5, 0.6) is 0 Å². The van der Waals surface area contributed by atoms with E-state index in [0.717, 1.165) is 0 Å². The summed E-state index contributed by atoms with van der Waals surface area (Å²) in [7, 11) is 0. The fourth-order valence-corrected chi connectivity index (χ4v) is 2.39. The van der Waals surface area contributed by atoms with E-state index >= 15 is 0 Å². The minimum absolute atomic E-state index is 0.344. The van der Waals surface area contributed by atoms with Crippen molar-refractivity contribution in [1.29, 1.82) is 0 Å². The molecule has 0 bridgehead atoms. The SMILES string of the molecule is O=Cc1ccc(F)c2cc(Cl)sc12. The Morgan fingerprint density at radius 2 is 2.23 bits per heavy atom. The van der Waals surface area contributed by atoms with Crippen molar-refractivity contribution >= 4 is 39.3 Å². The lowest BCUT2D eigenvalue weighted by Crippen LogP contribution is -1.81. The highest BCUT2D eigenvalue weighted by molar-refractivity contribution is 7.23. The summed E-state index contributed by atoms with van der Waals surface area (Å²) < 4.78 is 14.2. The second kappa shape index (κ2) is 3.09. The molecule has 0 saturated carbocycles. The van der Waals surface area contributed by atoms with Crippen LogP contribution in [0, 0.1) is 5.82 Å². The summed E-state index contributed by atoms with van der Waals surface area (Å²) >= 11 is 6.93. The van der Waals surface area contributed by atoms with Gasteiger partial charge in [0.05, 0.1) is 4.34 Å². The monoisotopic (exact) mass is 214 g/mol. The van der Waals surface area contributed by atoms with Crippen LogP contribution in [0.3, 0.4) is 0 Å². The van der Waals surface area contributed by atoms with E-state index in [-0.39, 0.29) is 5.82 Å². The summed E-state index contributed by atoms with van der Waals surface area (Å²) in [6.07, 6.45) is 0.703.